The number of carbonyl (C=O) groups is 2. The van der Waals surface area contributed by atoms with E-state index in [2.05, 4.69) is 171 Å². The summed E-state index contributed by atoms with van der Waals surface area (Å²) in [7, 11) is 0. The van der Waals surface area contributed by atoms with E-state index in [1.165, 1.54) is 492 Å². The van der Waals surface area contributed by atoms with Crippen LogP contribution in [0.5, 0.6) is 0 Å². The molecule has 0 fully saturated rings. The van der Waals surface area contributed by atoms with Gasteiger partial charge in [0.05, 0.1) is 62.9 Å². The van der Waals surface area contributed by atoms with Gasteiger partial charge in [-0.05, 0) is 167 Å². The molecule has 0 spiro atoms. The van der Waals surface area contributed by atoms with E-state index in [1.54, 1.807) is 0 Å². The van der Waals surface area contributed by atoms with Crippen molar-refractivity contribution in [3.8, 4) is 37.7 Å². The van der Waals surface area contributed by atoms with E-state index in [1.807, 2.05) is 93.9 Å². The molecule has 0 radical (unpaired) electrons. The molecule has 0 saturated carbocycles. The van der Waals surface area contributed by atoms with E-state index in [0.717, 1.165) is 57.2 Å². The number of nitrogens with zero attached hydrogens (tertiary/aromatic N) is 6. The summed E-state index contributed by atoms with van der Waals surface area (Å²) in [6.45, 7) is 29.2. The van der Waals surface area contributed by atoms with Gasteiger partial charge >= 0.3 is 0 Å². The fourth-order valence-corrected chi connectivity index (χ4v) is 32.9. The minimum atomic E-state index is -0.124. The molecule has 4 atom stereocenters. The summed E-state index contributed by atoms with van der Waals surface area (Å²) in [4.78, 5) is 42.1. The van der Waals surface area contributed by atoms with E-state index in [9.17, 15) is 15.8 Å². The van der Waals surface area contributed by atoms with Crippen LogP contribution in [-0.2, 0) is 25.9 Å². The van der Waals surface area contributed by atoms with Gasteiger partial charge in [-0.3, -0.25) is 9.59 Å². The SMILES string of the molecule is [C-]#[N+]C(C#N)=C1/C(=C/c2cc(CC(CCCCCCCC)CCCCCCCCCC)c(-c3cc4c(s3)c3sc5c(sc6c7sc(-c8sc(/C=C9\C(=O)c%10cc%11ccccc%11cc%10C9=C(C#N)C#N)cc8CC(CCCCCCCC)CCCCCCCCCC)cc7n(CC(CCCCCCCC)CCCCCCCCCC)c65)c3n4CC(CCCCCCCC)CCCCCCCCCC)s2)C(=O)c2cc3ccccc3cc21. The zero-order chi connectivity index (χ0) is 105. The Morgan fingerprint density at radius 3 is 0.847 bits per heavy atom. The summed E-state index contributed by atoms with van der Waals surface area (Å²) in [5.74, 6) is 1.78. The number of unbranched alkanes of at least 4 members (excludes halogenated alkanes) is 48. The monoisotopic (exact) mass is 2120 g/mol. The van der Waals surface area contributed by atoms with Gasteiger partial charge in [-0.1, -0.05) is 489 Å². The second-order valence-corrected chi connectivity index (χ2v) is 51.7. The van der Waals surface area contributed by atoms with E-state index in [-0.39, 0.29) is 22.8 Å². The number of carbonyl (C=O) groups excluding carboxylic acids is 2. The lowest BCUT2D eigenvalue weighted by Crippen LogP contribution is -2.11. The molecule has 8 nitrogen and oxygen atoms in total. The summed E-state index contributed by atoms with van der Waals surface area (Å²) in [6.07, 6.45) is 88.4. The molecular weight excluding hydrogens is 1940 g/mol. The topological polar surface area (TPSA) is 120 Å². The molecule has 0 saturated heterocycles. The highest BCUT2D eigenvalue weighted by molar-refractivity contribution is 7.40. The average Bonchev–Trinajstić information content (AvgIpc) is 1.52. The summed E-state index contributed by atoms with van der Waals surface area (Å²) in [6, 6.07) is 41.5. The normalized spacial score (nSPS) is 14.5. The fraction of sp³-hybridized carbons (Fsp3) is 0.588. The molecule has 2 aliphatic rings. The molecule has 0 bridgehead atoms. The Morgan fingerprint density at radius 1 is 0.307 bits per heavy atom. The minimum absolute atomic E-state index is 0.0217. The Morgan fingerprint density at radius 2 is 0.567 bits per heavy atom. The van der Waals surface area contributed by atoms with Gasteiger partial charge in [0.15, 0.2) is 11.6 Å². The van der Waals surface area contributed by atoms with E-state index in [0.29, 0.717) is 68.2 Å². The number of benzene rings is 4. The first-order valence-corrected chi connectivity index (χ1v) is 66.1. The molecule has 4 aromatic carbocycles. The molecule has 804 valence electrons. The Kier molecular flexibility index (Phi) is 49.8. The Hall–Kier alpha value is -8.28. The number of rotatable bonds is 76. The quantitative estimate of drug-likeness (QED) is 0.0163. The molecule has 14 heteroatoms. The predicted molar refractivity (Wildman–Crippen MR) is 660 cm³/mol. The van der Waals surface area contributed by atoms with Crippen LogP contribution in [0.3, 0.4) is 0 Å². The van der Waals surface area contributed by atoms with Crippen LogP contribution < -0.4 is 0 Å². The number of hydrogen-bond donors (Lipinski definition) is 0. The fourth-order valence-electron chi connectivity index (χ4n) is 24.9. The van der Waals surface area contributed by atoms with Crippen molar-refractivity contribution in [1.82, 2.24) is 9.13 Å². The summed E-state index contributed by atoms with van der Waals surface area (Å²) >= 11 is 12.0. The Bertz CT molecular complexity index is 6160. The third-order valence-electron chi connectivity index (χ3n) is 33.5. The van der Waals surface area contributed by atoms with Crippen LogP contribution in [0.1, 0.15) is 519 Å². The standard InChI is InChI=1S/C136H182N6O2S6/c1-10-18-26-34-42-46-54-60-72-99(70-58-50-38-30-22-14-5)82-107-84-110(90-116-123(109(94-137)95-138)112-86-103-78-66-68-80-105(103)88-114(112)127(116)143)145-129(107)121-92-119-131(147-121)133-125(141(119)97-101(74-62-52-40-32-24-16-7)76-64-56-48-44-36-28-20-12-3)135-136(149-133)126-134(150-135)132-120(142(126)98-102(75-63-53-41-33-25-17-8)77-65-57-49-45-37-29-21-13-4)93-122(148-132)130-108(83-100(71-59-51-39-31-23-15-6)73-61-55-47-43-35-27-19-11-2)85-111(146-130)91-117-124(118(96-139)140-9)113-87-104-79-67-69-81-106(104)89-115(113)128(117)144/h66-69,78-81,84-93,99-102H,10-65,70-77,82-83,97-98H2,1-8H3/b116-90-,117-91-,124-118?. The van der Waals surface area contributed by atoms with Gasteiger partial charge in [0.2, 0.25) is 0 Å². The van der Waals surface area contributed by atoms with Crippen LogP contribution in [0.25, 0.3) is 119 Å². The molecule has 150 heavy (non-hydrogen) atoms. The zero-order valence-corrected chi connectivity index (χ0v) is 98.6. The van der Waals surface area contributed by atoms with Crippen molar-refractivity contribution in [2.75, 3.05) is 0 Å². The first-order chi connectivity index (χ1) is 73.8. The van der Waals surface area contributed by atoms with Crippen molar-refractivity contribution < 1.29 is 9.59 Å². The van der Waals surface area contributed by atoms with Gasteiger partial charge in [-0.2, -0.15) is 10.5 Å². The lowest BCUT2D eigenvalue weighted by molar-refractivity contribution is 0.103. The summed E-state index contributed by atoms with van der Waals surface area (Å²) in [5, 5.41) is 36.7. The van der Waals surface area contributed by atoms with Crippen LogP contribution >= 0.6 is 68.0 Å². The molecule has 0 N–H and O–H groups in total. The molecule has 2 aliphatic carbocycles. The van der Waals surface area contributed by atoms with Crippen molar-refractivity contribution in [2.45, 2.75) is 492 Å². The van der Waals surface area contributed by atoms with Crippen LogP contribution in [-0.4, -0.2) is 20.7 Å². The lowest BCUT2D eigenvalue weighted by Gasteiger charge is -2.19. The number of nitriles is 3. The first-order valence-electron chi connectivity index (χ1n) is 61.2. The number of ketones is 2. The highest BCUT2D eigenvalue weighted by Gasteiger charge is 2.38. The largest absolute Gasteiger partial charge is 0.338 e. The van der Waals surface area contributed by atoms with Gasteiger partial charge in [-0.25, -0.2) is 10.1 Å². The van der Waals surface area contributed by atoms with Crippen molar-refractivity contribution in [3.63, 3.8) is 0 Å². The lowest BCUT2D eigenvalue weighted by atomic mass is 9.88. The van der Waals surface area contributed by atoms with Crippen molar-refractivity contribution >= 4 is 175 Å². The molecule has 8 aromatic heterocycles. The van der Waals surface area contributed by atoms with Gasteiger partial charge in [-0.15, -0.1) is 68.0 Å². The van der Waals surface area contributed by atoms with Crippen LogP contribution in [0.4, 0.5) is 0 Å². The van der Waals surface area contributed by atoms with E-state index >= 15 is 9.59 Å². The number of fused-ring (bicyclic) bond motifs is 13. The molecule has 4 unspecified atom stereocenters. The van der Waals surface area contributed by atoms with Crippen LogP contribution in [0.15, 0.2) is 119 Å². The molecular formula is C136H182N6O2S6. The van der Waals surface area contributed by atoms with Gasteiger partial charge in [0, 0.05) is 75.8 Å². The van der Waals surface area contributed by atoms with Gasteiger partial charge in [0.25, 0.3) is 5.70 Å². The number of Topliss-reactive ketones (excluding diaryl/α,β-unsaturated/α-hetero) is 2. The number of allylic oxidation sites excluding steroid dienone is 6. The summed E-state index contributed by atoms with van der Waals surface area (Å²) < 4.78 is 14.4. The average molecular weight is 2130 g/mol. The first kappa shape index (κ1) is 117. The van der Waals surface area contributed by atoms with Crippen molar-refractivity contribution in [3.05, 3.63) is 174 Å². The molecule has 0 aliphatic heterocycles. The summed E-state index contributed by atoms with van der Waals surface area (Å²) in [5.41, 5.74) is 12.6. The molecule has 8 heterocycles. The second-order valence-electron chi connectivity index (χ2n) is 45.4. The molecule has 0 amide bonds. The maximum atomic E-state index is 15.5. The highest BCUT2D eigenvalue weighted by atomic mass is 32.1. The minimum Gasteiger partial charge on any atom is -0.338 e. The zero-order valence-electron chi connectivity index (χ0n) is 93.7. The number of aromatic nitrogens is 2. The number of thiophene rings is 6. The molecule has 12 aromatic rings. The highest BCUT2D eigenvalue weighted by Crippen LogP contribution is 2.57. The van der Waals surface area contributed by atoms with Gasteiger partial charge in [0.1, 0.15) is 17.7 Å². The van der Waals surface area contributed by atoms with Crippen molar-refractivity contribution in [1.29, 1.82) is 15.8 Å². The van der Waals surface area contributed by atoms with E-state index < -0.39 is 0 Å². The molecule has 14 rings (SSSR count). The number of hydrogen-bond acceptors (Lipinski definition) is 11. The van der Waals surface area contributed by atoms with Crippen molar-refractivity contribution in [2.24, 2.45) is 23.7 Å². The maximum Gasteiger partial charge on any atom is 0.270 e. The maximum absolute atomic E-state index is 15.5. The van der Waals surface area contributed by atoms with Crippen LogP contribution in [0.2, 0.25) is 0 Å². The smallest absolute Gasteiger partial charge is 0.270 e. The third kappa shape index (κ3) is 32.0. The van der Waals surface area contributed by atoms with Crippen LogP contribution in [0, 0.1) is 64.2 Å². The van der Waals surface area contributed by atoms with Gasteiger partial charge < -0.3 is 9.13 Å². The predicted octanol–water partition coefficient (Wildman–Crippen LogP) is 46.3. The Balaban J connectivity index is 0.975. The second kappa shape index (κ2) is 63.7. The Labute approximate surface area is 929 Å². The third-order valence-corrected chi connectivity index (χ3v) is 41.2. The van der Waals surface area contributed by atoms with E-state index in [4.69, 9.17) is 6.57 Å².